The fraction of sp³-hybridized carbons (Fsp3) is 0.516. The average molecular weight is 520 g/mol. The predicted octanol–water partition coefficient (Wildman–Crippen LogP) is 5.18. The highest BCUT2D eigenvalue weighted by molar-refractivity contribution is 5.91. The summed E-state index contributed by atoms with van der Waals surface area (Å²) in [4.78, 5) is 41.3. The summed E-state index contributed by atoms with van der Waals surface area (Å²) < 4.78 is 5.97. The molecule has 2 aromatic rings. The summed E-state index contributed by atoms with van der Waals surface area (Å²) in [6.45, 7) is 3.09. The van der Waals surface area contributed by atoms with Crippen LogP contribution in [0.3, 0.4) is 0 Å². The highest BCUT2D eigenvalue weighted by Gasteiger charge is 2.37. The van der Waals surface area contributed by atoms with Crippen molar-refractivity contribution in [1.29, 1.82) is 0 Å². The van der Waals surface area contributed by atoms with Crippen LogP contribution in [0.5, 0.6) is 11.5 Å². The fourth-order valence-corrected chi connectivity index (χ4v) is 5.62. The number of primary amides is 1. The largest absolute Gasteiger partial charge is 0.457 e. The smallest absolute Gasteiger partial charge is 0.245 e. The molecular weight excluding hydrogens is 478 g/mol. The first-order valence-corrected chi connectivity index (χ1v) is 14.1. The standard InChI is InChI=1S/C31H41N3O4/c1-2-10-26(29(32)35)27(20-22-11-8-12-22)30(36)33-28-17-6-7-18-34(31(28)37)21-23-13-9-16-25(19-23)38-24-14-4-3-5-15-24/h3-5,9,13-16,19,22,26-28H,2,6-8,10-12,17-18,20-21H2,1H3,(H2,32,35)(H,33,36)/t26-,27+,28-/m0/s1. The van der Waals surface area contributed by atoms with Gasteiger partial charge in [0.15, 0.2) is 0 Å². The molecule has 2 fully saturated rings. The Hall–Kier alpha value is -3.35. The number of hydrogen-bond acceptors (Lipinski definition) is 4. The molecule has 0 radical (unpaired) electrons. The van der Waals surface area contributed by atoms with E-state index in [1.807, 2.05) is 66.4 Å². The minimum atomic E-state index is -0.590. The summed E-state index contributed by atoms with van der Waals surface area (Å²) in [6.07, 6.45) is 7.71. The molecular formula is C31H41N3O4. The van der Waals surface area contributed by atoms with Crippen LogP contribution < -0.4 is 15.8 Å². The quantitative estimate of drug-likeness (QED) is 0.403. The van der Waals surface area contributed by atoms with Gasteiger partial charge in [0.25, 0.3) is 0 Å². The number of carbonyl (C=O) groups excluding carboxylic acids is 3. The average Bonchev–Trinajstić information content (AvgIpc) is 3.04. The van der Waals surface area contributed by atoms with Crippen molar-refractivity contribution in [2.75, 3.05) is 6.54 Å². The molecule has 38 heavy (non-hydrogen) atoms. The Labute approximate surface area is 226 Å². The molecule has 3 amide bonds. The molecule has 1 heterocycles. The predicted molar refractivity (Wildman–Crippen MR) is 147 cm³/mol. The topological polar surface area (TPSA) is 102 Å². The summed E-state index contributed by atoms with van der Waals surface area (Å²) in [5.74, 6) is 0.263. The van der Waals surface area contributed by atoms with E-state index in [1.54, 1.807) is 0 Å². The number of nitrogens with zero attached hydrogens (tertiary/aromatic N) is 1. The normalized spacial score (nSPS) is 19.7. The maximum atomic E-state index is 13.6. The van der Waals surface area contributed by atoms with Gasteiger partial charge in [-0.15, -0.1) is 0 Å². The second-order valence-corrected chi connectivity index (χ2v) is 10.8. The lowest BCUT2D eigenvalue weighted by Crippen LogP contribution is -2.51. The van der Waals surface area contributed by atoms with Gasteiger partial charge in [0.1, 0.15) is 17.5 Å². The molecule has 4 rings (SSSR count). The Balaban J connectivity index is 1.43. The molecule has 2 aliphatic rings. The van der Waals surface area contributed by atoms with Crippen molar-refractivity contribution in [2.45, 2.75) is 77.3 Å². The lowest BCUT2D eigenvalue weighted by Gasteiger charge is -2.33. The van der Waals surface area contributed by atoms with Crippen LogP contribution in [0.15, 0.2) is 54.6 Å². The SMILES string of the molecule is CCC[C@H](C(N)=O)[C@@H](CC1CCC1)C(=O)N[C@H]1CCCCN(Cc2cccc(Oc3ccccc3)c2)C1=O. The summed E-state index contributed by atoms with van der Waals surface area (Å²) in [7, 11) is 0. The van der Waals surface area contributed by atoms with E-state index in [-0.39, 0.29) is 11.8 Å². The van der Waals surface area contributed by atoms with Crippen molar-refractivity contribution in [3.63, 3.8) is 0 Å². The summed E-state index contributed by atoms with van der Waals surface area (Å²) in [5, 5.41) is 3.05. The Morgan fingerprint density at radius 2 is 1.76 bits per heavy atom. The van der Waals surface area contributed by atoms with E-state index in [9.17, 15) is 14.4 Å². The molecule has 1 aliphatic heterocycles. The van der Waals surface area contributed by atoms with Crippen LogP contribution in [0.4, 0.5) is 0 Å². The number of nitrogens with one attached hydrogen (secondary N) is 1. The maximum absolute atomic E-state index is 13.6. The number of rotatable bonds is 12. The number of ether oxygens (including phenoxy) is 1. The second-order valence-electron chi connectivity index (χ2n) is 10.8. The second kappa shape index (κ2) is 13.4. The van der Waals surface area contributed by atoms with Crippen LogP contribution in [0.2, 0.25) is 0 Å². The van der Waals surface area contributed by atoms with Crippen molar-refractivity contribution >= 4 is 17.7 Å². The summed E-state index contributed by atoms with van der Waals surface area (Å²) in [5.41, 5.74) is 6.72. The lowest BCUT2D eigenvalue weighted by atomic mass is 9.74. The lowest BCUT2D eigenvalue weighted by molar-refractivity contribution is -0.139. The van der Waals surface area contributed by atoms with Crippen LogP contribution in [0, 0.1) is 17.8 Å². The first-order valence-electron chi connectivity index (χ1n) is 14.1. The van der Waals surface area contributed by atoms with E-state index in [0.717, 1.165) is 43.4 Å². The molecule has 7 heteroatoms. The van der Waals surface area contributed by atoms with Crippen LogP contribution in [0.25, 0.3) is 0 Å². The maximum Gasteiger partial charge on any atom is 0.245 e. The van der Waals surface area contributed by atoms with Crippen molar-refractivity contribution < 1.29 is 19.1 Å². The third kappa shape index (κ3) is 7.36. The van der Waals surface area contributed by atoms with Gasteiger partial charge in [-0.25, -0.2) is 0 Å². The Morgan fingerprint density at radius 1 is 1.00 bits per heavy atom. The van der Waals surface area contributed by atoms with E-state index in [2.05, 4.69) is 5.32 Å². The molecule has 0 spiro atoms. The van der Waals surface area contributed by atoms with Gasteiger partial charge in [-0.2, -0.15) is 0 Å². The van der Waals surface area contributed by atoms with Crippen molar-refractivity contribution in [1.82, 2.24) is 10.2 Å². The zero-order valence-corrected chi connectivity index (χ0v) is 22.4. The highest BCUT2D eigenvalue weighted by Crippen LogP contribution is 2.36. The fourth-order valence-electron chi connectivity index (χ4n) is 5.62. The van der Waals surface area contributed by atoms with Crippen LogP contribution in [-0.4, -0.2) is 35.2 Å². The van der Waals surface area contributed by atoms with E-state index < -0.39 is 23.8 Å². The van der Waals surface area contributed by atoms with Gasteiger partial charge in [-0.1, -0.05) is 62.9 Å². The first kappa shape index (κ1) is 27.7. The molecule has 0 bridgehead atoms. The van der Waals surface area contributed by atoms with E-state index in [4.69, 9.17) is 10.5 Å². The van der Waals surface area contributed by atoms with Crippen molar-refractivity contribution in [3.8, 4) is 11.5 Å². The van der Waals surface area contributed by atoms with Gasteiger partial charge in [0.2, 0.25) is 17.7 Å². The number of nitrogens with two attached hydrogens (primary N) is 1. The van der Waals surface area contributed by atoms with Gasteiger partial charge < -0.3 is 20.7 Å². The highest BCUT2D eigenvalue weighted by atomic mass is 16.5. The Kier molecular flexibility index (Phi) is 9.79. The van der Waals surface area contributed by atoms with Gasteiger partial charge in [-0.05, 0) is 67.9 Å². The number of para-hydroxylation sites is 1. The molecule has 1 aliphatic carbocycles. The Bertz CT molecular complexity index is 1090. The number of carbonyl (C=O) groups is 3. The van der Waals surface area contributed by atoms with Gasteiger partial charge in [-0.3, -0.25) is 14.4 Å². The van der Waals surface area contributed by atoms with Gasteiger partial charge in [0, 0.05) is 24.9 Å². The number of hydrogen-bond donors (Lipinski definition) is 2. The van der Waals surface area contributed by atoms with E-state index >= 15 is 0 Å². The number of amides is 3. The van der Waals surface area contributed by atoms with Crippen molar-refractivity contribution in [2.24, 2.45) is 23.5 Å². The van der Waals surface area contributed by atoms with Gasteiger partial charge >= 0.3 is 0 Å². The monoisotopic (exact) mass is 519 g/mol. The molecule has 204 valence electrons. The van der Waals surface area contributed by atoms with Gasteiger partial charge in [0.05, 0.1) is 0 Å². The van der Waals surface area contributed by atoms with Crippen LogP contribution in [0.1, 0.15) is 70.3 Å². The Morgan fingerprint density at radius 3 is 2.45 bits per heavy atom. The van der Waals surface area contributed by atoms with Crippen molar-refractivity contribution in [3.05, 3.63) is 60.2 Å². The molecule has 3 N–H and O–H groups in total. The minimum absolute atomic E-state index is 0.0706. The molecule has 1 saturated carbocycles. The first-order chi connectivity index (χ1) is 18.4. The third-order valence-corrected chi connectivity index (χ3v) is 7.95. The van der Waals surface area contributed by atoms with Crippen LogP contribution in [-0.2, 0) is 20.9 Å². The zero-order valence-electron chi connectivity index (χ0n) is 22.4. The van der Waals surface area contributed by atoms with E-state index in [0.29, 0.717) is 44.0 Å². The third-order valence-electron chi connectivity index (χ3n) is 7.95. The minimum Gasteiger partial charge on any atom is -0.457 e. The summed E-state index contributed by atoms with van der Waals surface area (Å²) >= 11 is 0. The van der Waals surface area contributed by atoms with E-state index in [1.165, 1.54) is 6.42 Å². The molecule has 0 aromatic heterocycles. The number of likely N-dealkylation sites (tertiary alicyclic amines) is 1. The molecule has 2 aromatic carbocycles. The summed E-state index contributed by atoms with van der Waals surface area (Å²) in [6, 6.07) is 16.8. The molecule has 3 atom stereocenters. The molecule has 1 saturated heterocycles. The molecule has 7 nitrogen and oxygen atoms in total. The van der Waals surface area contributed by atoms with Crippen LogP contribution >= 0.6 is 0 Å². The zero-order chi connectivity index (χ0) is 26.9. The number of benzene rings is 2. The molecule has 0 unspecified atom stereocenters.